The molecular formula is C14H17BrN2O. The van der Waals surface area contributed by atoms with Crippen molar-refractivity contribution in [2.24, 2.45) is 0 Å². The number of hydrogen-bond acceptors (Lipinski definition) is 2. The molecular weight excluding hydrogens is 292 g/mol. The monoisotopic (exact) mass is 308 g/mol. The number of methoxy groups -OCH3 is 1. The Kier molecular flexibility index (Phi) is 4.07. The quantitative estimate of drug-likeness (QED) is 0.937. The van der Waals surface area contributed by atoms with Gasteiger partial charge in [-0.05, 0) is 54.2 Å². The van der Waals surface area contributed by atoms with Gasteiger partial charge >= 0.3 is 0 Å². The Morgan fingerprint density at radius 1 is 1.28 bits per heavy atom. The lowest BCUT2D eigenvalue weighted by Crippen LogP contribution is -1.97. The van der Waals surface area contributed by atoms with Gasteiger partial charge in [-0.2, -0.15) is 0 Å². The smallest absolute Gasteiger partial charge is 0.127 e. The third kappa shape index (κ3) is 2.93. The number of benzene rings is 1. The molecule has 1 N–H and O–H groups in total. The van der Waals surface area contributed by atoms with Crippen molar-refractivity contribution < 1.29 is 4.74 Å². The lowest BCUT2D eigenvalue weighted by molar-refractivity contribution is 0.409. The van der Waals surface area contributed by atoms with Gasteiger partial charge in [0.05, 0.1) is 7.11 Å². The van der Waals surface area contributed by atoms with E-state index >= 15 is 0 Å². The van der Waals surface area contributed by atoms with E-state index in [0.29, 0.717) is 0 Å². The molecule has 0 saturated heterocycles. The van der Waals surface area contributed by atoms with Gasteiger partial charge in [-0.3, -0.25) is 0 Å². The summed E-state index contributed by atoms with van der Waals surface area (Å²) in [6.45, 7) is 4.06. The zero-order valence-corrected chi connectivity index (χ0v) is 12.5. The Hall–Kier alpha value is -1.29. The van der Waals surface area contributed by atoms with Crippen LogP contribution >= 0.6 is 15.9 Å². The zero-order valence-electron chi connectivity index (χ0n) is 10.9. The standard InChI is InChI=1S/C14H17BrN2O/c1-9-4-7-13(18-3)11(8-9)5-6-12-14(15)17-10(2)16-12/h4,7-8H,5-6H2,1-3H3,(H,16,17). The molecule has 0 spiro atoms. The summed E-state index contributed by atoms with van der Waals surface area (Å²) in [6, 6.07) is 6.27. The van der Waals surface area contributed by atoms with Crippen LogP contribution in [-0.4, -0.2) is 17.1 Å². The predicted molar refractivity (Wildman–Crippen MR) is 76.2 cm³/mol. The third-order valence-electron chi connectivity index (χ3n) is 2.93. The van der Waals surface area contributed by atoms with Crippen LogP contribution in [0.2, 0.25) is 0 Å². The van der Waals surface area contributed by atoms with Crippen LogP contribution in [0.5, 0.6) is 5.75 Å². The summed E-state index contributed by atoms with van der Waals surface area (Å²) < 4.78 is 6.30. The first kappa shape index (κ1) is 13.1. The highest BCUT2D eigenvalue weighted by Gasteiger charge is 2.08. The molecule has 1 aromatic carbocycles. The number of aryl methyl sites for hydroxylation is 4. The van der Waals surface area contributed by atoms with Gasteiger partial charge in [0.25, 0.3) is 0 Å². The van der Waals surface area contributed by atoms with Gasteiger partial charge in [-0.25, -0.2) is 4.98 Å². The van der Waals surface area contributed by atoms with Crippen molar-refractivity contribution in [2.45, 2.75) is 26.7 Å². The first-order valence-electron chi connectivity index (χ1n) is 5.94. The van der Waals surface area contributed by atoms with Gasteiger partial charge in [0, 0.05) is 5.69 Å². The molecule has 0 radical (unpaired) electrons. The first-order chi connectivity index (χ1) is 8.60. The normalized spacial score (nSPS) is 10.7. The van der Waals surface area contributed by atoms with Crippen LogP contribution in [-0.2, 0) is 12.8 Å². The first-order valence-corrected chi connectivity index (χ1v) is 6.74. The van der Waals surface area contributed by atoms with Crippen LogP contribution in [0, 0.1) is 13.8 Å². The number of H-pyrrole nitrogens is 1. The van der Waals surface area contributed by atoms with Crippen LogP contribution in [0.1, 0.15) is 22.6 Å². The fourth-order valence-corrected chi connectivity index (χ4v) is 2.60. The molecule has 4 heteroatoms. The molecule has 0 bridgehead atoms. The van der Waals surface area contributed by atoms with E-state index in [4.69, 9.17) is 4.74 Å². The minimum Gasteiger partial charge on any atom is -0.496 e. The van der Waals surface area contributed by atoms with Crippen LogP contribution < -0.4 is 4.74 Å². The summed E-state index contributed by atoms with van der Waals surface area (Å²) in [4.78, 5) is 7.58. The fraction of sp³-hybridized carbons (Fsp3) is 0.357. The maximum atomic E-state index is 5.39. The Morgan fingerprint density at radius 3 is 2.67 bits per heavy atom. The van der Waals surface area contributed by atoms with Crippen molar-refractivity contribution in [2.75, 3.05) is 7.11 Å². The Morgan fingerprint density at radius 2 is 2.06 bits per heavy atom. The zero-order chi connectivity index (χ0) is 13.1. The molecule has 2 aromatic rings. The fourth-order valence-electron chi connectivity index (χ4n) is 2.04. The van der Waals surface area contributed by atoms with Crippen molar-refractivity contribution in [3.05, 3.63) is 45.4 Å². The number of hydrogen-bond donors (Lipinski definition) is 1. The van der Waals surface area contributed by atoms with E-state index in [1.165, 1.54) is 11.1 Å². The molecule has 0 aliphatic heterocycles. The van der Waals surface area contributed by atoms with E-state index in [0.717, 1.165) is 34.7 Å². The highest BCUT2D eigenvalue weighted by atomic mass is 79.9. The second-order valence-electron chi connectivity index (χ2n) is 4.41. The maximum Gasteiger partial charge on any atom is 0.127 e. The highest BCUT2D eigenvalue weighted by molar-refractivity contribution is 9.10. The molecule has 18 heavy (non-hydrogen) atoms. The Labute approximate surface area is 116 Å². The average molecular weight is 309 g/mol. The molecule has 96 valence electrons. The lowest BCUT2D eigenvalue weighted by Gasteiger charge is -2.09. The Bertz CT molecular complexity index is 549. The summed E-state index contributed by atoms with van der Waals surface area (Å²) >= 11 is 3.47. The van der Waals surface area contributed by atoms with Crippen LogP contribution in [0.4, 0.5) is 0 Å². The van der Waals surface area contributed by atoms with Crippen LogP contribution in [0.15, 0.2) is 22.8 Å². The third-order valence-corrected chi connectivity index (χ3v) is 3.58. The summed E-state index contributed by atoms with van der Waals surface area (Å²) in [7, 11) is 1.71. The number of rotatable bonds is 4. The Balaban J connectivity index is 2.14. The van der Waals surface area contributed by atoms with E-state index in [1.54, 1.807) is 7.11 Å². The lowest BCUT2D eigenvalue weighted by atomic mass is 10.0. The number of ether oxygens (including phenoxy) is 1. The van der Waals surface area contributed by atoms with E-state index in [9.17, 15) is 0 Å². The van der Waals surface area contributed by atoms with Crippen molar-refractivity contribution in [3.8, 4) is 5.75 Å². The van der Waals surface area contributed by atoms with Crippen molar-refractivity contribution in [3.63, 3.8) is 0 Å². The van der Waals surface area contributed by atoms with Crippen molar-refractivity contribution in [1.82, 2.24) is 9.97 Å². The van der Waals surface area contributed by atoms with E-state index in [-0.39, 0.29) is 0 Å². The van der Waals surface area contributed by atoms with Gasteiger partial charge in [0.15, 0.2) is 0 Å². The van der Waals surface area contributed by atoms with Crippen LogP contribution in [0.3, 0.4) is 0 Å². The largest absolute Gasteiger partial charge is 0.496 e. The minimum absolute atomic E-state index is 0.909. The average Bonchev–Trinajstić information content (AvgIpc) is 2.65. The van der Waals surface area contributed by atoms with E-state index in [1.807, 2.05) is 13.0 Å². The minimum atomic E-state index is 0.909. The molecule has 0 aliphatic carbocycles. The highest BCUT2D eigenvalue weighted by Crippen LogP contribution is 2.23. The van der Waals surface area contributed by atoms with E-state index in [2.05, 4.69) is 45.0 Å². The number of imidazole rings is 1. The molecule has 0 saturated carbocycles. The molecule has 0 amide bonds. The SMILES string of the molecule is COc1ccc(C)cc1CCc1[nH]c(C)nc1Br. The summed E-state index contributed by atoms with van der Waals surface area (Å²) in [5.74, 6) is 1.89. The second-order valence-corrected chi connectivity index (χ2v) is 5.16. The summed E-state index contributed by atoms with van der Waals surface area (Å²) in [6.07, 6.45) is 1.85. The molecule has 1 aromatic heterocycles. The maximum absolute atomic E-state index is 5.39. The molecule has 1 heterocycles. The van der Waals surface area contributed by atoms with Gasteiger partial charge in [-0.1, -0.05) is 17.7 Å². The van der Waals surface area contributed by atoms with E-state index < -0.39 is 0 Å². The predicted octanol–water partition coefficient (Wildman–Crippen LogP) is 3.58. The summed E-state index contributed by atoms with van der Waals surface area (Å²) in [5, 5.41) is 0. The second kappa shape index (κ2) is 5.57. The van der Waals surface area contributed by atoms with Crippen LogP contribution in [0.25, 0.3) is 0 Å². The number of nitrogens with zero attached hydrogens (tertiary/aromatic N) is 1. The number of nitrogens with one attached hydrogen (secondary N) is 1. The van der Waals surface area contributed by atoms with Gasteiger partial charge < -0.3 is 9.72 Å². The topological polar surface area (TPSA) is 37.9 Å². The van der Waals surface area contributed by atoms with Gasteiger partial charge in [0.2, 0.25) is 0 Å². The van der Waals surface area contributed by atoms with Crippen molar-refractivity contribution in [1.29, 1.82) is 0 Å². The molecule has 0 unspecified atom stereocenters. The number of halogens is 1. The van der Waals surface area contributed by atoms with Gasteiger partial charge in [0.1, 0.15) is 16.2 Å². The van der Waals surface area contributed by atoms with Crippen molar-refractivity contribution >= 4 is 15.9 Å². The molecule has 0 fully saturated rings. The summed E-state index contributed by atoms with van der Waals surface area (Å²) in [5.41, 5.74) is 3.62. The molecule has 2 rings (SSSR count). The number of aromatic nitrogens is 2. The molecule has 3 nitrogen and oxygen atoms in total. The molecule has 0 atom stereocenters. The van der Waals surface area contributed by atoms with Gasteiger partial charge in [-0.15, -0.1) is 0 Å². The molecule has 0 aliphatic rings. The number of aromatic amines is 1.